The summed E-state index contributed by atoms with van der Waals surface area (Å²) in [5, 5.41) is 3.53. The lowest BCUT2D eigenvalue weighted by Crippen LogP contribution is -2.54. The first-order valence-corrected chi connectivity index (χ1v) is 14.1. The summed E-state index contributed by atoms with van der Waals surface area (Å²) in [7, 11) is 1.95. The Morgan fingerprint density at radius 1 is 1.00 bits per heavy atom. The lowest BCUT2D eigenvalue weighted by Gasteiger charge is -2.28. The molecule has 1 aromatic heterocycles. The van der Waals surface area contributed by atoms with Gasteiger partial charge in [-0.25, -0.2) is 4.98 Å². The Labute approximate surface area is 246 Å². The molecule has 0 radical (unpaired) electrons. The fraction of sp³-hybridized carbons (Fsp3) is 0.133. The van der Waals surface area contributed by atoms with Crippen LogP contribution < -0.4 is 19.9 Å². The van der Waals surface area contributed by atoms with Gasteiger partial charge >= 0.3 is 0 Å². The molecule has 1 saturated heterocycles. The Morgan fingerprint density at radius 3 is 2.35 bits per heavy atom. The molecule has 2 amide bonds. The van der Waals surface area contributed by atoms with Crippen molar-refractivity contribution in [3.8, 4) is 11.5 Å². The van der Waals surface area contributed by atoms with Crippen LogP contribution in [0.4, 0.5) is 10.8 Å². The van der Waals surface area contributed by atoms with Crippen molar-refractivity contribution in [3.05, 3.63) is 106 Å². The standard InChI is InChI=1S/C30H25ClN4O3S2/c1-34(18-8-11-20-9-4-2-5-10-20)30-32-26(31)25(40-30)19-24-27(36)33-29(39)35(28(24)37)21-14-16-23(17-15-21)38-22-12-6-3-7-13-22/h2-7,9-10,12-17,19H,8,11,18H2,1H3,(H,33,36,39)/b24-19+. The molecule has 0 atom stereocenters. The number of nitrogens with zero attached hydrogens (tertiary/aromatic N) is 3. The predicted octanol–water partition coefficient (Wildman–Crippen LogP) is 6.49. The van der Waals surface area contributed by atoms with Crippen molar-refractivity contribution in [2.75, 3.05) is 23.4 Å². The average molecular weight is 589 g/mol. The second-order valence-electron chi connectivity index (χ2n) is 9.03. The van der Waals surface area contributed by atoms with Crippen LogP contribution in [-0.2, 0) is 16.0 Å². The van der Waals surface area contributed by atoms with Crippen molar-refractivity contribution in [2.45, 2.75) is 12.8 Å². The highest BCUT2D eigenvalue weighted by Crippen LogP contribution is 2.33. The van der Waals surface area contributed by atoms with Crippen molar-refractivity contribution in [3.63, 3.8) is 0 Å². The second kappa shape index (κ2) is 12.4. The summed E-state index contributed by atoms with van der Waals surface area (Å²) in [5.74, 6) is 0.159. The van der Waals surface area contributed by atoms with E-state index in [0.717, 1.165) is 19.4 Å². The average Bonchev–Trinajstić information content (AvgIpc) is 3.33. The minimum atomic E-state index is -0.586. The van der Waals surface area contributed by atoms with Gasteiger partial charge < -0.3 is 9.64 Å². The fourth-order valence-corrected chi connectivity index (χ4v) is 5.60. The number of aryl methyl sites for hydroxylation is 1. The normalized spacial score (nSPS) is 14.4. The molecule has 0 spiro atoms. The van der Waals surface area contributed by atoms with E-state index >= 15 is 0 Å². The Bertz CT molecular complexity index is 1560. The zero-order chi connectivity index (χ0) is 28.1. The number of amides is 2. The van der Waals surface area contributed by atoms with E-state index in [1.807, 2.05) is 60.5 Å². The van der Waals surface area contributed by atoms with E-state index in [-0.39, 0.29) is 15.8 Å². The fourth-order valence-electron chi connectivity index (χ4n) is 4.13. The minimum Gasteiger partial charge on any atom is -0.457 e. The van der Waals surface area contributed by atoms with Gasteiger partial charge in [0.25, 0.3) is 11.8 Å². The van der Waals surface area contributed by atoms with Crippen LogP contribution in [0.1, 0.15) is 16.9 Å². The molecule has 40 heavy (non-hydrogen) atoms. The quantitative estimate of drug-likeness (QED) is 0.137. The number of thiocarbonyl (C=S) groups is 1. The Hall–Kier alpha value is -4.05. The molecule has 0 bridgehead atoms. The van der Waals surface area contributed by atoms with E-state index < -0.39 is 11.8 Å². The molecule has 4 aromatic rings. The summed E-state index contributed by atoms with van der Waals surface area (Å²) < 4.78 is 5.83. The number of carbonyl (C=O) groups is 2. The topological polar surface area (TPSA) is 74.8 Å². The summed E-state index contributed by atoms with van der Waals surface area (Å²) in [6.45, 7) is 0.778. The Kier molecular flexibility index (Phi) is 8.54. The maximum absolute atomic E-state index is 13.5. The largest absolute Gasteiger partial charge is 0.457 e. The van der Waals surface area contributed by atoms with E-state index in [9.17, 15) is 9.59 Å². The van der Waals surface area contributed by atoms with E-state index in [2.05, 4.69) is 22.4 Å². The van der Waals surface area contributed by atoms with Gasteiger partial charge in [0.15, 0.2) is 10.2 Å². The van der Waals surface area contributed by atoms with Crippen molar-refractivity contribution in [2.24, 2.45) is 0 Å². The van der Waals surface area contributed by atoms with Crippen molar-refractivity contribution in [1.29, 1.82) is 0 Å². The minimum absolute atomic E-state index is 0.00174. The molecule has 1 N–H and O–H groups in total. The number of benzene rings is 3. The molecule has 202 valence electrons. The lowest BCUT2D eigenvalue weighted by molar-refractivity contribution is -0.122. The van der Waals surface area contributed by atoms with Crippen LogP contribution in [0.2, 0.25) is 5.15 Å². The molecule has 3 aromatic carbocycles. The summed E-state index contributed by atoms with van der Waals surface area (Å²) >= 11 is 13.1. The zero-order valence-corrected chi connectivity index (χ0v) is 23.9. The number of anilines is 2. The number of hydrogen-bond donors (Lipinski definition) is 1. The molecular formula is C30H25ClN4O3S2. The van der Waals surface area contributed by atoms with Crippen molar-refractivity contribution in [1.82, 2.24) is 10.3 Å². The first-order valence-electron chi connectivity index (χ1n) is 12.5. The van der Waals surface area contributed by atoms with Crippen molar-refractivity contribution >= 4 is 69.0 Å². The van der Waals surface area contributed by atoms with Gasteiger partial charge in [0.2, 0.25) is 0 Å². The molecule has 1 aliphatic rings. The van der Waals surface area contributed by atoms with Gasteiger partial charge in [0.1, 0.15) is 22.2 Å². The monoisotopic (exact) mass is 588 g/mol. The molecular weight excluding hydrogens is 564 g/mol. The summed E-state index contributed by atoms with van der Waals surface area (Å²) in [6, 6.07) is 26.5. The van der Waals surface area contributed by atoms with Gasteiger partial charge in [0, 0.05) is 13.6 Å². The SMILES string of the molecule is CN(CCCc1ccccc1)c1nc(Cl)c(/C=C2\C(=O)NC(=S)N(c3ccc(Oc4ccccc4)cc3)C2=O)s1. The van der Waals surface area contributed by atoms with Crippen LogP contribution in [0.3, 0.4) is 0 Å². The van der Waals surface area contributed by atoms with Crippen LogP contribution >= 0.6 is 35.2 Å². The molecule has 2 heterocycles. The number of rotatable bonds is 9. The second-order valence-corrected chi connectivity index (χ2v) is 10.8. The van der Waals surface area contributed by atoms with E-state index in [0.29, 0.717) is 27.2 Å². The first kappa shape index (κ1) is 27.5. The number of ether oxygens (including phenoxy) is 1. The maximum Gasteiger partial charge on any atom is 0.270 e. The molecule has 7 nitrogen and oxygen atoms in total. The molecule has 0 aliphatic carbocycles. The predicted molar refractivity (Wildman–Crippen MR) is 164 cm³/mol. The van der Waals surface area contributed by atoms with Gasteiger partial charge in [0.05, 0.1) is 10.6 Å². The number of thiazole rings is 1. The number of para-hydroxylation sites is 1. The highest BCUT2D eigenvalue weighted by atomic mass is 35.5. The summed E-state index contributed by atoms with van der Waals surface area (Å²) in [6.07, 6.45) is 3.36. The van der Waals surface area contributed by atoms with Gasteiger partial charge in [-0.15, -0.1) is 0 Å². The molecule has 1 aliphatic heterocycles. The lowest BCUT2D eigenvalue weighted by atomic mass is 10.1. The van der Waals surface area contributed by atoms with E-state index in [1.165, 1.54) is 27.9 Å². The summed E-state index contributed by atoms with van der Waals surface area (Å²) in [5.41, 5.74) is 1.69. The van der Waals surface area contributed by atoms with Crippen molar-refractivity contribution < 1.29 is 14.3 Å². The Morgan fingerprint density at radius 2 is 1.65 bits per heavy atom. The molecule has 1 fully saturated rings. The van der Waals surface area contributed by atoms with Crippen LogP contribution in [0.15, 0.2) is 90.5 Å². The molecule has 0 saturated carbocycles. The van der Waals surface area contributed by atoms with Crippen LogP contribution in [-0.4, -0.2) is 35.5 Å². The molecule has 10 heteroatoms. The number of aromatic nitrogens is 1. The summed E-state index contributed by atoms with van der Waals surface area (Å²) in [4.78, 5) is 34.5. The first-order chi connectivity index (χ1) is 19.4. The van der Waals surface area contributed by atoms with E-state index in [1.54, 1.807) is 24.3 Å². The maximum atomic E-state index is 13.5. The van der Waals surface area contributed by atoms with Crippen LogP contribution in [0, 0.1) is 0 Å². The Balaban J connectivity index is 1.30. The van der Waals surface area contributed by atoms with E-state index in [4.69, 9.17) is 28.6 Å². The number of hydrogen-bond acceptors (Lipinski definition) is 7. The van der Waals surface area contributed by atoms with Gasteiger partial charge in [-0.2, -0.15) is 0 Å². The van der Waals surface area contributed by atoms with Gasteiger partial charge in [-0.1, -0.05) is 71.5 Å². The van der Waals surface area contributed by atoms with Crippen LogP contribution in [0.5, 0.6) is 11.5 Å². The third kappa shape index (κ3) is 6.39. The smallest absolute Gasteiger partial charge is 0.270 e. The number of nitrogens with one attached hydrogen (secondary N) is 1. The highest BCUT2D eigenvalue weighted by Gasteiger charge is 2.35. The zero-order valence-electron chi connectivity index (χ0n) is 21.5. The molecule has 0 unspecified atom stereocenters. The number of halogens is 1. The van der Waals surface area contributed by atoms with Gasteiger partial charge in [-0.05, 0) is 73.1 Å². The number of carbonyl (C=O) groups excluding carboxylic acids is 2. The third-order valence-corrected chi connectivity index (χ3v) is 7.98. The highest BCUT2D eigenvalue weighted by molar-refractivity contribution is 7.80. The molecule has 5 rings (SSSR count). The van der Waals surface area contributed by atoms with Gasteiger partial charge in [-0.3, -0.25) is 19.8 Å². The third-order valence-electron chi connectivity index (χ3n) is 6.18. The van der Waals surface area contributed by atoms with Crippen LogP contribution in [0.25, 0.3) is 6.08 Å².